The minimum atomic E-state index is -0.554. The van der Waals surface area contributed by atoms with Gasteiger partial charge in [0.05, 0.1) is 17.4 Å². The number of fused-ring (bicyclic) bond motifs is 2. The summed E-state index contributed by atoms with van der Waals surface area (Å²) in [6.07, 6.45) is 10.4. The third-order valence-corrected chi connectivity index (χ3v) is 3.93. The largest absolute Gasteiger partial charge is 0.363 e. The van der Waals surface area contributed by atoms with Crippen LogP contribution in [0.25, 0.3) is 0 Å². The van der Waals surface area contributed by atoms with Gasteiger partial charge in [0, 0.05) is 18.6 Å². The number of nitrogens with zero attached hydrogens (tertiary/aromatic N) is 2. The molecule has 3 rings (SSSR count). The van der Waals surface area contributed by atoms with E-state index in [1.807, 2.05) is 0 Å². The zero-order chi connectivity index (χ0) is 12.5. The fraction of sp³-hybridized carbons (Fsp3) is 0.500. The van der Waals surface area contributed by atoms with E-state index in [0.29, 0.717) is 12.1 Å². The molecule has 0 aliphatic carbocycles. The molecule has 2 fully saturated rings. The van der Waals surface area contributed by atoms with E-state index in [4.69, 9.17) is 6.42 Å². The molecule has 3 nitrogen and oxygen atoms in total. The number of anilines is 1. The molecule has 1 aromatic rings. The highest BCUT2D eigenvalue weighted by Crippen LogP contribution is 2.33. The van der Waals surface area contributed by atoms with E-state index in [2.05, 4.69) is 21.1 Å². The molecule has 0 aromatic carbocycles. The molecule has 0 amide bonds. The summed E-state index contributed by atoms with van der Waals surface area (Å²) in [5.74, 6) is 1.81. The van der Waals surface area contributed by atoms with Crippen molar-refractivity contribution in [1.82, 2.24) is 10.3 Å². The first-order valence-electron chi connectivity index (χ1n) is 6.41. The summed E-state index contributed by atoms with van der Waals surface area (Å²) >= 11 is 0. The molecule has 18 heavy (non-hydrogen) atoms. The summed E-state index contributed by atoms with van der Waals surface area (Å²) in [5, 5.41) is 3.44. The Labute approximate surface area is 106 Å². The maximum atomic E-state index is 13.3. The predicted molar refractivity (Wildman–Crippen MR) is 68.9 cm³/mol. The highest BCUT2D eigenvalue weighted by Gasteiger charge is 2.35. The van der Waals surface area contributed by atoms with E-state index in [9.17, 15) is 4.39 Å². The average molecular weight is 245 g/mol. The number of hydrogen-bond donors (Lipinski definition) is 1. The van der Waals surface area contributed by atoms with E-state index in [-0.39, 0.29) is 5.56 Å². The van der Waals surface area contributed by atoms with Gasteiger partial charge in [0.2, 0.25) is 5.95 Å². The van der Waals surface area contributed by atoms with Gasteiger partial charge in [-0.2, -0.15) is 4.39 Å². The Morgan fingerprint density at radius 1 is 1.39 bits per heavy atom. The van der Waals surface area contributed by atoms with Crippen molar-refractivity contribution in [2.45, 2.75) is 31.3 Å². The molecule has 3 heterocycles. The molecule has 1 N–H and O–H groups in total. The second kappa shape index (κ2) is 4.58. The minimum Gasteiger partial charge on any atom is -0.363 e. The number of rotatable bonds is 1. The molecule has 0 saturated carbocycles. The molecule has 0 unspecified atom stereocenters. The van der Waals surface area contributed by atoms with Gasteiger partial charge in [0.25, 0.3) is 0 Å². The van der Waals surface area contributed by atoms with E-state index in [1.165, 1.54) is 12.8 Å². The van der Waals surface area contributed by atoms with Gasteiger partial charge in [-0.1, -0.05) is 5.92 Å². The molecule has 2 aliphatic heterocycles. The van der Waals surface area contributed by atoms with Gasteiger partial charge in [-0.25, -0.2) is 4.98 Å². The fourth-order valence-electron chi connectivity index (χ4n) is 3.08. The van der Waals surface area contributed by atoms with Gasteiger partial charge in [-0.15, -0.1) is 6.42 Å². The van der Waals surface area contributed by atoms with Gasteiger partial charge in [-0.3, -0.25) is 0 Å². The van der Waals surface area contributed by atoms with Crippen molar-refractivity contribution in [2.24, 2.45) is 0 Å². The van der Waals surface area contributed by atoms with Crippen LogP contribution in [0.5, 0.6) is 0 Å². The van der Waals surface area contributed by atoms with Crippen LogP contribution in [-0.2, 0) is 0 Å². The van der Waals surface area contributed by atoms with Crippen LogP contribution in [0, 0.1) is 18.3 Å². The molecule has 2 saturated heterocycles. The lowest BCUT2D eigenvalue weighted by Gasteiger charge is -2.30. The molecule has 4 heteroatoms. The Hall–Kier alpha value is -1.60. The van der Waals surface area contributed by atoms with Crippen molar-refractivity contribution in [3.63, 3.8) is 0 Å². The van der Waals surface area contributed by atoms with Crippen LogP contribution < -0.4 is 10.2 Å². The van der Waals surface area contributed by atoms with Crippen molar-refractivity contribution in [3.8, 4) is 12.3 Å². The lowest BCUT2D eigenvalue weighted by molar-refractivity contribution is 0.567. The van der Waals surface area contributed by atoms with Crippen molar-refractivity contribution in [3.05, 3.63) is 23.8 Å². The van der Waals surface area contributed by atoms with Gasteiger partial charge in [0.1, 0.15) is 0 Å². The third kappa shape index (κ3) is 1.85. The van der Waals surface area contributed by atoms with Crippen molar-refractivity contribution >= 4 is 5.69 Å². The maximum absolute atomic E-state index is 13.3. The van der Waals surface area contributed by atoms with Crippen LogP contribution in [0.4, 0.5) is 10.1 Å². The third-order valence-electron chi connectivity index (χ3n) is 3.93. The van der Waals surface area contributed by atoms with Crippen LogP contribution in [0.1, 0.15) is 24.8 Å². The Kier molecular flexibility index (Phi) is 2.92. The first kappa shape index (κ1) is 11.5. The quantitative estimate of drug-likeness (QED) is 0.601. The molecule has 2 atom stereocenters. The zero-order valence-corrected chi connectivity index (χ0v) is 10.2. The molecular weight excluding hydrogens is 229 g/mol. The topological polar surface area (TPSA) is 28.2 Å². The fourth-order valence-corrected chi connectivity index (χ4v) is 3.08. The van der Waals surface area contributed by atoms with E-state index in [0.717, 1.165) is 25.2 Å². The Balaban J connectivity index is 1.97. The van der Waals surface area contributed by atoms with Crippen LogP contribution in [0.3, 0.4) is 0 Å². The van der Waals surface area contributed by atoms with Crippen molar-refractivity contribution < 1.29 is 4.39 Å². The number of aromatic nitrogens is 1. The molecule has 2 aliphatic rings. The average Bonchev–Trinajstić information content (AvgIpc) is 2.64. The predicted octanol–water partition coefficient (Wildman–Crippen LogP) is 1.53. The van der Waals surface area contributed by atoms with E-state index < -0.39 is 5.95 Å². The van der Waals surface area contributed by atoms with Crippen molar-refractivity contribution in [1.29, 1.82) is 0 Å². The summed E-state index contributed by atoms with van der Waals surface area (Å²) in [6, 6.07) is 2.76. The molecule has 0 spiro atoms. The molecule has 2 bridgehead atoms. The van der Waals surface area contributed by atoms with E-state index in [1.54, 1.807) is 12.3 Å². The minimum absolute atomic E-state index is 0.254. The second-order valence-corrected chi connectivity index (χ2v) is 4.96. The SMILES string of the molecule is C#Cc1cc(N2[C@H]3CCNC[C@@H]2CC3)cnc1F. The first-order valence-corrected chi connectivity index (χ1v) is 6.41. The van der Waals surface area contributed by atoms with Crippen LogP contribution >= 0.6 is 0 Å². The van der Waals surface area contributed by atoms with Crippen LogP contribution in [0.2, 0.25) is 0 Å². The van der Waals surface area contributed by atoms with Crippen LogP contribution in [-0.4, -0.2) is 30.2 Å². The Morgan fingerprint density at radius 3 is 3.06 bits per heavy atom. The number of terminal acetylenes is 1. The summed E-state index contributed by atoms with van der Waals surface area (Å²) in [7, 11) is 0. The van der Waals surface area contributed by atoms with Gasteiger partial charge in [-0.05, 0) is 31.9 Å². The first-order chi connectivity index (χ1) is 8.79. The summed E-state index contributed by atoms with van der Waals surface area (Å²) in [5.41, 5.74) is 1.21. The number of halogens is 1. The van der Waals surface area contributed by atoms with Crippen molar-refractivity contribution in [2.75, 3.05) is 18.0 Å². The number of nitrogens with one attached hydrogen (secondary N) is 1. The van der Waals surface area contributed by atoms with E-state index >= 15 is 0 Å². The molecule has 1 aromatic heterocycles. The zero-order valence-electron chi connectivity index (χ0n) is 10.2. The monoisotopic (exact) mass is 245 g/mol. The summed E-state index contributed by atoms with van der Waals surface area (Å²) in [6.45, 7) is 2.04. The smallest absolute Gasteiger partial charge is 0.228 e. The van der Waals surface area contributed by atoms with Gasteiger partial charge >= 0.3 is 0 Å². The summed E-state index contributed by atoms with van der Waals surface area (Å²) in [4.78, 5) is 6.15. The highest BCUT2D eigenvalue weighted by molar-refractivity contribution is 5.53. The van der Waals surface area contributed by atoms with Gasteiger partial charge in [0.15, 0.2) is 0 Å². The number of pyridine rings is 1. The highest BCUT2D eigenvalue weighted by atomic mass is 19.1. The molecule has 94 valence electrons. The number of hydrogen-bond acceptors (Lipinski definition) is 3. The lowest BCUT2D eigenvalue weighted by atomic mass is 10.1. The summed E-state index contributed by atoms with van der Waals surface area (Å²) < 4.78 is 13.3. The van der Waals surface area contributed by atoms with Crippen LogP contribution in [0.15, 0.2) is 12.3 Å². The lowest BCUT2D eigenvalue weighted by Crippen LogP contribution is -2.38. The Morgan fingerprint density at radius 2 is 2.22 bits per heavy atom. The molecule has 0 radical (unpaired) electrons. The normalized spacial score (nSPS) is 26.8. The molecular formula is C14H16FN3. The standard InChI is InChI=1S/C14H16FN3/c1-2-10-7-13(9-17-14(10)15)18-11-3-4-12(18)8-16-6-5-11/h1,7,9,11-12,16H,3-6,8H2/t11-,12+/m1/s1. The second-order valence-electron chi connectivity index (χ2n) is 4.96. The maximum Gasteiger partial charge on any atom is 0.228 e. The Bertz CT molecular complexity index is 480. The van der Waals surface area contributed by atoms with Gasteiger partial charge < -0.3 is 10.2 Å².